The fourth-order valence-electron chi connectivity index (χ4n) is 3.05. The maximum Gasteiger partial charge on any atom is 0.173 e. The fourth-order valence-corrected chi connectivity index (χ4v) is 3.30. The number of hydrogen-bond acceptors (Lipinski definition) is 3. The Labute approximate surface area is 154 Å². The molecule has 1 unspecified atom stereocenters. The van der Waals surface area contributed by atoms with Crippen molar-refractivity contribution in [1.82, 2.24) is 4.90 Å². The number of nitrogens with one attached hydrogen (secondary N) is 1. The van der Waals surface area contributed by atoms with Gasteiger partial charge in [0.25, 0.3) is 0 Å². The summed E-state index contributed by atoms with van der Waals surface area (Å²) in [5.74, 6) is 2.34. The van der Waals surface area contributed by atoms with Gasteiger partial charge in [0, 0.05) is 18.3 Å². The second-order valence-electron chi connectivity index (χ2n) is 6.27. The van der Waals surface area contributed by atoms with Crippen molar-refractivity contribution in [2.24, 2.45) is 5.92 Å². The van der Waals surface area contributed by atoms with Crippen LogP contribution >= 0.6 is 12.2 Å². The quantitative estimate of drug-likeness (QED) is 0.592. The average molecular weight is 356 g/mol. The van der Waals surface area contributed by atoms with Crippen molar-refractivity contribution in [2.75, 3.05) is 19.0 Å². The number of rotatable bonds is 6. The van der Waals surface area contributed by atoms with Crippen molar-refractivity contribution < 1.29 is 9.15 Å². The Morgan fingerprint density at radius 2 is 2.24 bits per heavy atom. The van der Waals surface area contributed by atoms with Crippen molar-refractivity contribution in [3.05, 3.63) is 60.6 Å². The van der Waals surface area contributed by atoms with Crippen LogP contribution in [-0.4, -0.2) is 23.7 Å². The van der Waals surface area contributed by atoms with Gasteiger partial charge in [-0.2, -0.15) is 0 Å². The third kappa shape index (κ3) is 5.10. The van der Waals surface area contributed by atoms with Gasteiger partial charge in [-0.3, -0.25) is 0 Å². The van der Waals surface area contributed by atoms with E-state index in [1.165, 1.54) is 6.42 Å². The van der Waals surface area contributed by atoms with Crippen LogP contribution < -0.4 is 10.1 Å². The van der Waals surface area contributed by atoms with Crippen LogP contribution in [0.4, 0.5) is 5.69 Å². The van der Waals surface area contributed by atoms with E-state index in [0.29, 0.717) is 17.6 Å². The van der Waals surface area contributed by atoms with E-state index in [1.807, 2.05) is 36.4 Å². The van der Waals surface area contributed by atoms with Crippen molar-refractivity contribution in [2.45, 2.75) is 25.8 Å². The first-order valence-corrected chi connectivity index (χ1v) is 9.03. The molecule has 5 heteroatoms. The number of methoxy groups -OCH3 is 1. The Morgan fingerprint density at radius 1 is 1.32 bits per heavy atom. The molecule has 1 heterocycles. The van der Waals surface area contributed by atoms with Crippen LogP contribution in [0.15, 0.2) is 59.2 Å². The molecule has 1 aliphatic rings. The van der Waals surface area contributed by atoms with Gasteiger partial charge in [0.15, 0.2) is 5.11 Å². The van der Waals surface area contributed by atoms with Crippen LogP contribution in [0, 0.1) is 5.92 Å². The highest BCUT2D eigenvalue weighted by molar-refractivity contribution is 7.80. The predicted octanol–water partition coefficient (Wildman–Crippen LogP) is 4.84. The van der Waals surface area contributed by atoms with Crippen molar-refractivity contribution in [3.63, 3.8) is 0 Å². The molecule has 25 heavy (non-hydrogen) atoms. The van der Waals surface area contributed by atoms with E-state index in [0.717, 1.165) is 36.6 Å². The maximum absolute atomic E-state index is 5.69. The fraction of sp³-hybridized carbons (Fsp3) is 0.350. The summed E-state index contributed by atoms with van der Waals surface area (Å²) in [5, 5.41) is 4.04. The number of benzene rings is 1. The van der Waals surface area contributed by atoms with Gasteiger partial charge < -0.3 is 19.4 Å². The van der Waals surface area contributed by atoms with Crippen molar-refractivity contribution in [1.29, 1.82) is 0 Å². The molecule has 0 saturated carbocycles. The molecule has 1 aromatic carbocycles. The minimum absolute atomic E-state index is 0.616. The molecule has 4 nitrogen and oxygen atoms in total. The molecule has 0 saturated heterocycles. The molecule has 1 N–H and O–H groups in total. The Kier molecular flexibility index (Phi) is 6.12. The average Bonchev–Trinajstić information content (AvgIpc) is 3.15. The second-order valence-corrected chi connectivity index (χ2v) is 6.66. The number of ether oxygens (including phenoxy) is 1. The number of furan rings is 1. The zero-order valence-electron chi connectivity index (χ0n) is 14.5. The van der Waals surface area contributed by atoms with Gasteiger partial charge in [-0.25, -0.2) is 0 Å². The SMILES string of the molecule is COc1cccc(NC(=S)N(Cc2ccco2)CC2CC=CCC2)c1. The maximum atomic E-state index is 5.69. The van der Waals surface area contributed by atoms with E-state index < -0.39 is 0 Å². The molecule has 0 amide bonds. The number of nitrogens with zero attached hydrogens (tertiary/aromatic N) is 1. The number of hydrogen-bond donors (Lipinski definition) is 1. The summed E-state index contributed by atoms with van der Waals surface area (Å²) in [6.07, 6.45) is 9.70. The van der Waals surface area contributed by atoms with Crippen molar-refractivity contribution >= 4 is 23.0 Å². The molecule has 0 fully saturated rings. The summed E-state index contributed by atoms with van der Waals surface area (Å²) in [4.78, 5) is 2.19. The van der Waals surface area contributed by atoms with E-state index >= 15 is 0 Å². The second kappa shape index (κ2) is 8.72. The first-order valence-electron chi connectivity index (χ1n) is 8.62. The summed E-state index contributed by atoms with van der Waals surface area (Å²) in [5.41, 5.74) is 0.928. The molecule has 0 aliphatic heterocycles. The third-order valence-corrected chi connectivity index (χ3v) is 4.75. The summed E-state index contributed by atoms with van der Waals surface area (Å²) in [6, 6.07) is 11.7. The minimum Gasteiger partial charge on any atom is -0.497 e. The van der Waals surface area contributed by atoms with Gasteiger partial charge in [-0.05, 0) is 61.7 Å². The van der Waals surface area contributed by atoms with Gasteiger partial charge in [0.1, 0.15) is 11.5 Å². The lowest BCUT2D eigenvalue weighted by molar-refractivity contribution is 0.298. The van der Waals surface area contributed by atoms with Crippen LogP contribution in [0.3, 0.4) is 0 Å². The molecule has 0 spiro atoms. The van der Waals surface area contributed by atoms with Gasteiger partial charge >= 0.3 is 0 Å². The highest BCUT2D eigenvalue weighted by Crippen LogP contribution is 2.22. The number of thiocarbonyl (C=S) groups is 1. The molecule has 132 valence electrons. The van der Waals surface area contributed by atoms with Gasteiger partial charge in [0.2, 0.25) is 0 Å². The molecule has 1 aliphatic carbocycles. The van der Waals surface area contributed by atoms with E-state index in [-0.39, 0.29) is 0 Å². The highest BCUT2D eigenvalue weighted by Gasteiger charge is 2.19. The lowest BCUT2D eigenvalue weighted by Crippen LogP contribution is -2.38. The first kappa shape index (κ1) is 17.5. The zero-order valence-corrected chi connectivity index (χ0v) is 15.3. The van der Waals surface area contributed by atoms with Crippen LogP contribution in [-0.2, 0) is 6.54 Å². The lowest BCUT2D eigenvalue weighted by atomic mass is 9.94. The zero-order chi connectivity index (χ0) is 17.5. The highest BCUT2D eigenvalue weighted by atomic mass is 32.1. The minimum atomic E-state index is 0.616. The standard InChI is InChI=1S/C20H24N2O2S/c1-23-18-10-5-9-17(13-18)21-20(25)22(15-19-11-6-12-24-19)14-16-7-3-2-4-8-16/h2-3,5-6,9-13,16H,4,7-8,14-15H2,1H3,(H,21,25). The lowest BCUT2D eigenvalue weighted by Gasteiger charge is -2.30. The van der Waals surface area contributed by atoms with E-state index in [9.17, 15) is 0 Å². The topological polar surface area (TPSA) is 37.6 Å². The smallest absolute Gasteiger partial charge is 0.173 e. The Morgan fingerprint density at radius 3 is 2.96 bits per heavy atom. The first-order chi connectivity index (χ1) is 12.2. The van der Waals surface area contributed by atoms with E-state index in [1.54, 1.807) is 13.4 Å². The molecule has 2 aromatic rings. The Balaban J connectivity index is 1.69. The molecular weight excluding hydrogens is 332 g/mol. The summed E-state index contributed by atoms with van der Waals surface area (Å²) < 4.78 is 10.8. The van der Waals surface area contributed by atoms with Gasteiger partial charge in [-0.1, -0.05) is 18.2 Å². The number of anilines is 1. The van der Waals surface area contributed by atoms with Gasteiger partial charge in [-0.15, -0.1) is 0 Å². The van der Waals surface area contributed by atoms with Crippen LogP contribution in [0.1, 0.15) is 25.0 Å². The summed E-state index contributed by atoms with van der Waals surface area (Å²) >= 11 is 5.69. The van der Waals surface area contributed by atoms with E-state index in [4.69, 9.17) is 21.4 Å². The molecule has 1 aromatic heterocycles. The van der Waals surface area contributed by atoms with Crippen LogP contribution in [0.2, 0.25) is 0 Å². The van der Waals surface area contributed by atoms with Gasteiger partial charge in [0.05, 0.1) is 19.9 Å². The Bertz CT molecular complexity index is 712. The Hall–Kier alpha value is -2.27. The largest absolute Gasteiger partial charge is 0.497 e. The predicted molar refractivity (Wildman–Crippen MR) is 105 cm³/mol. The van der Waals surface area contributed by atoms with Crippen molar-refractivity contribution in [3.8, 4) is 5.75 Å². The normalized spacial score (nSPS) is 16.4. The van der Waals surface area contributed by atoms with Crippen LogP contribution in [0.25, 0.3) is 0 Å². The molecule has 0 bridgehead atoms. The number of allylic oxidation sites excluding steroid dienone is 2. The van der Waals surface area contributed by atoms with E-state index in [2.05, 4.69) is 22.4 Å². The monoisotopic (exact) mass is 356 g/mol. The van der Waals surface area contributed by atoms with Crippen LogP contribution in [0.5, 0.6) is 5.75 Å². The summed E-state index contributed by atoms with van der Waals surface area (Å²) in [6.45, 7) is 1.59. The third-order valence-electron chi connectivity index (χ3n) is 4.39. The molecular formula is C20H24N2O2S. The molecule has 1 atom stereocenters. The molecule has 0 radical (unpaired) electrons. The molecule has 3 rings (SSSR count). The summed E-state index contributed by atoms with van der Waals surface area (Å²) in [7, 11) is 1.66.